The van der Waals surface area contributed by atoms with Gasteiger partial charge in [0.05, 0.1) is 11.4 Å². The maximum absolute atomic E-state index is 12.8. The van der Waals surface area contributed by atoms with E-state index in [1.54, 1.807) is 11.8 Å². The lowest BCUT2D eigenvalue weighted by atomic mass is 10.0. The van der Waals surface area contributed by atoms with E-state index in [0.717, 1.165) is 25.3 Å². The van der Waals surface area contributed by atoms with Gasteiger partial charge in [-0.25, -0.2) is 4.79 Å². The van der Waals surface area contributed by atoms with Crippen molar-refractivity contribution in [3.63, 3.8) is 0 Å². The third-order valence-electron chi connectivity index (χ3n) is 4.86. The van der Waals surface area contributed by atoms with Gasteiger partial charge >= 0.3 is 5.69 Å². The maximum atomic E-state index is 12.8. The third kappa shape index (κ3) is 3.07. The number of hydrogen-bond donors (Lipinski definition) is 1. The Labute approximate surface area is 165 Å². The van der Waals surface area contributed by atoms with Gasteiger partial charge in [-0.05, 0) is 17.7 Å². The number of nitrogens with zero attached hydrogens (tertiary/aromatic N) is 3. The van der Waals surface area contributed by atoms with Crippen LogP contribution in [0.25, 0.3) is 0 Å². The second-order valence-electron chi connectivity index (χ2n) is 6.65. The number of hydrogen-bond acceptors (Lipinski definition) is 5. The second-order valence-corrected chi connectivity index (χ2v) is 7.90. The molecule has 0 spiro atoms. The van der Waals surface area contributed by atoms with E-state index in [1.807, 2.05) is 54.6 Å². The highest BCUT2D eigenvalue weighted by Gasteiger charge is 2.27. The highest BCUT2D eigenvalue weighted by atomic mass is 32.2. The molecule has 1 aliphatic rings. The minimum atomic E-state index is -0.574. The Morgan fingerprint density at radius 3 is 2.43 bits per heavy atom. The van der Waals surface area contributed by atoms with Gasteiger partial charge in [0.15, 0.2) is 0 Å². The molecule has 0 bridgehead atoms. The van der Waals surface area contributed by atoms with Gasteiger partial charge in [0.1, 0.15) is 5.56 Å². The Bertz CT molecular complexity index is 1200. The molecule has 1 aromatic heterocycles. The number of rotatable bonds is 2. The molecule has 1 unspecified atom stereocenters. The molecule has 2 aromatic carbocycles. The summed E-state index contributed by atoms with van der Waals surface area (Å²) in [6.45, 7) is 0. The fourth-order valence-electron chi connectivity index (χ4n) is 3.31. The number of aliphatic imine (C=N–C) groups is 1. The van der Waals surface area contributed by atoms with E-state index in [2.05, 4.69) is 0 Å². The topological polar surface area (TPSA) is 76.6 Å². The largest absolute Gasteiger partial charge is 0.494 e. The summed E-state index contributed by atoms with van der Waals surface area (Å²) in [4.78, 5) is 30.7. The van der Waals surface area contributed by atoms with E-state index in [4.69, 9.17) is 4.99 Å². The first-order valence-corrected chi connectivity index (χ1v) is 9.73. The maximum Gasteiger partial charge on any atom is 0.333 e. The van der Waals surface area contributed by atoms with Crippen LogP contribution in [0.2, 0.25) is 0 Å². The van der Waals surface area contributed by atoms with Crippen LogP contribution in [-0.4, -0.2) is 20.0 Å². The van der Waals surface area contributed by atoms with Gasteiger partial charge in [0.25, 0.3) is 5.56 Å². The van der Waals surface area contributed by atoms with Gasteiger partial charge in [-0.1, -0.05) is 42.5 Å². The normalized spacial score (nSPS) is 16.2. The zero-order chi connectivity index (χ0) is 19.8. The Morgan fingerprint density at radius 2 is 1.68 bits per heavy atom. The van der Waals surface area contributed by atoms with E-state index in [-0.39, 0.29) is 16.7 Å². The van der Waals surface area contributed by atoms with Crippen LogP contribution < -0.4 is 11.2 Å². The Morgan fingerprint density at radius 1 is 1.00 bits per heavy atom. The Hall–Kier alpha value is -3.06. The number of benzene rings is 2. The van der Waals surface area contributed by atoms with Crippen LogP contribution in [0.15, 0.2) is 74.1 Å². The molecule has 4 rings (SSSR count). The average molecular weight is 393 g/mol. The summed E-state index contributed by atoms with van der Waals surface area (Å²) in [6, 6.07) is 17.7. The molecule has 1 atom stereocenters. The van der Waals surface area contributed by atoms with Gasteiger partial charge in [-0.15, -0.1) is 11.8 Å². The molecule has 1 N–H and O–H groups in total. The number of aromatic nitrogens is 2. The standard InChI is InChI=1S/C21H19N3O3S/c1-23-19(25)18(20(26)24(2)21(23)27)15-12-17(13-8-4-3-5-9-13)28-16-11-7-6-10-14(16)22-15/h3-11,17,25H,12H2,1-2H3. The average Bonchev–Trinajstić information content (AvgIpc) is 2.91. The van der Waals surface area contributed by atoms with Crippen molar-refractivity contribution < 1.29 is 5.11 Å². The van der Waals surface area contributed by atoms with Crippen molar-refractivity contribution in [2.75, 3.05) is 0 Å². The second kappa shape index (κ2) is 7.16. The van der Waals surface area contributed by atoms with Gasteiger partial charge in [-0.2, -0.15) is 0 Å². The fraction of sp³-hybridized carbons (Fsp3) is 0.190. The van der Waals surface area contributed by atoms with Crippen molar-refractivity contribution in [3.05, 3.63) is 86.6 Å². The highest BCUT2D eigenvalue weighted by Crippen LogP contribution is 2.45. The summed E-state index contributed by atoms with van der Waals surface area (Å²) < 4.78 is 2.07. The van der Waals surface area contributed by atoms with E-state index in [9.17, 15) is 14.7 Å². The Balaban J connectivity index is 1.95. The van der Waals surface area contributed by atoms with Crippen LogP contribution in [0, 0.1) is 0 Å². The highest BCUT2D eigenvalue weighted by molar-refractivity contribution is 7.99. The molecule has 0 saturated carbocycles. The summed E-state index contributed by atoms with van der Waals surface area (Å²) in [5, 5.41) is 10.6. The fourth-order valence-corrected chi connectivity index (χ4v) is 4.54. The molecule has 7 heteroatoms. The first-order valence-electron chi connectivity index (χ1n) is 8.85. The molecular weight excluding hydrogens is 374 g/mol. The molecule has 3 aromatic rings. The SMILES string of the molecule is Cn1c(O)c(C2=Nc3ccccc3SC(c3ccccc3)C2)c(=O)n(C)c1=O. The van der Waals surface area contributed by atoms with Gasteiger partial charge in [-0.3, -0.25) is 18.9 Å². The van der Waals surface area contributed by atoms with Crippen LogP contribution in [0.5, 0.6) is 5.88 Å². The van der Waals surface area contributed by atoms with Crippen LogP contribution in [-0.2, 0) is 14.1 Å². The molecule has 6 nitrogen and oxygen atoms in total. The zero-order valence-corrected chi connectivity index (χ0v) is 16.3. The molecule has 28 heavy (non-hydrogen) atoms. The summed E-state index contributed by atoms with van der Waals surface area (Å²) in [6.07, 6.45) is 0.449. The van der Waals surface area contributed by atoms with Crippen molar-refractivity contribution in [2.45, 2.75) is 16.6 Å². The predicted octanol–water partition coefficient (Wildman–Crippen LogP) is 3.15. The van der Waals surface area contributed by atoms with Crippen molar-refractivity contribution in [1.29, 1.82) is 0 Å². The first kappa shape index (κ1) is 18.3. The lowest BCUT2D eigenvalue weighted by Gasteiger charge is -2.17. The quantitative estimate of drug-likeness (QED) is 0.726. The smallest absolute Gasteiger partial charge is 0.333 e. The molecule has 0 aliphatic carbocycles. The van der Waals surface area contributed by atoms with Gasteiger partial charge in [0.2, 0.25) is 5.88 Å². The number of fused-ring (bicyclic) bond motifs is 1. The number of thioether (sulfide) groups is 1. The number of aromatic hydroxyl groups is 1. The molecule has 0 fully saturated rings. The van der Waals surface area contributed by atoms with Crippen LogP contribution in [0.4, 0.5) is 5.69 Å². The van der Waals surface area contributed by atoms with Crippen molar-refractivity contribution in [3.8, 4) is 5.88 Å². The van der Waals surface area contributed by atoms with Crippen molar-refractivity contribution in [1.82, 2.24) is 9.13 Å². The van der Waals surface area contributed by atoms with Crippen LogP contribution in [0.3, 0.4) is 0 Å². The molecule has 0 radical (unpaired) electrons. The zero-order valence-electron chi connectivity index (χ0n) is 15.5. The summed E-state index contributed by atoms with van der Waals surface area (Å²) in [5.74, 6) is -0.358. The van der Waals surface area contributed by atoms with E-state index < -0.39 is 11.2 Å². The van der Waals surface area contributed by atoms with E-state index in [0.29, 0.717) is 12.1 Å². The lowest BCUT2D eigenvalue weighted by Crippen LogP contribution is -2.40. The van der Waals surface area contributed by atoms with Gasteiger partial charge < -0.3 is 5.11 Å². The van der Waals surface area contributed by atoms with Gasteiger partial charge in [0, 0.05) is 30.7 Å². The molecule has 0 saturated heterocycles. The molecule has 2 heterocycles. The van der Waals surface area contributed by atoms with E-state index >= 15 is 0 Å². The lowest BCUT2D eigenvalue weighted by molar-refractivity contribution is 0.410. The summed E-state index contributed by atoms with van der Waals surface area (Å²) in [5.41, 5.74) is 1.28. The molecule has 142 valence electrons. The molecule has 1 aliphatic heterocycles. The monoisotopic (exact) mass is 393 g/mol. The third-order valence-corrected chi connectivity index (χ3v) is 6.18. The predicted molar refractivity (Wildman–Crippen MR) is 111 cm³/mol. The van der Waals surface area contributed by atoms with Crippen molar-refractivity contribution in [2.24, 2.45) is 19.1 Å². The van der Waals surface area contributed by atoms with Crippen LogP contribution >= 0.6 is 11.8 Å². The molecule has 0 amide bonds. The minimum Gasteiger partial charge on any atom is -0.494 e. The van der Waals surface area contributed by atoms with Crippen molar-refractivity contribution >= 4 is 23.2 Å². The number of para-hydroxylation sites is 1. The first-order chi connectivity index (χ1) is 13.5. The summed E-state index contributed by atoms with van der Waals surface area (Å²) in [7, 11) is 2.84. The van der Waals surface area contributed by atoms with E-state index in [1.165, 1.54) is 14.1 Å². The Kier molecular flexibility index (Phi) is 4.68. The molecular formula is C21H19N3O3S. The minimum absolute atomic E-state index is 0.0185. The summed E-state index contributed by atoms with van der Waals surface area (Å²) >= 11 is 1.68. The van der Waals surface area contributed by atoms with Crippen LogP contribution in [0.1, 0.15) is 22.8 Å².